The zero-order valence-electron chi connectivity index (χ0n) is 25.0. The molecular weight excluding hydrogens is 522 g/mol. The van der Waals surface area contributed by atoms with Crippen LogP contribution >= 0.6 is 0 Å². The monoisotopic (exact) mass is 573 g/mol. The van der Waals surface area contributed by atoms with E-state index >= 15 is 0 Å². The molecule has 224 valence electrons. The second-order valence-electron chi connectivity index (χ2n) is 10.8. The number of benzene rings is 2. The first-order chi connectivity index (χ1) is 19.3. The van der Waals surface area contributed by atoms with Crippen molar-refractivity contribution in [1.82, 2.24) is 0 Å². The van der Waals surface area contributed by atoms with Gasteiger partial charge in [-0.25, -0.2) is 0 Å². The van der Waals surface area contributed by atoms with Crippen molar-refractivity contribution < 1.29 is 22.1 Å². The minimum absolute atomic E-state index is 0.0495. The number of hydrogen-bond acceptors (Lipinski definition) is 5. The number of rotatable bonds is 22. The lowest BCUT2D eigenvalue weighted by molar-refractivity contribution is -0.116. The van der Waals surface area contributed by atoms with Crippen molar-refractivity contribution in [2.45, 2.75) is 110 Å². The van der Waals surface area contributed by atoms with E-state index in [1.54, 1.807) is 24.0 Å². The van der Waals surface area contributed by atoms with Crippen molar-refractivity contribution in [3.63, 3.8) is 0 Å². The van der Waals surface area contributed by atoms with Gasteiger partial charge >= 0.3 is 0 Å². The van der Waals surface area contributed by atoms with Crippen LogP contribution in [0.25, 0.3) is 0 Å². The Balaban J connectivity index is 1.62. The topological polar surface area (TPSA) is 72.9 Å². The molecule has 0 heterocycles. The molecule has 0 aliphatic rings. The SMILES string of the molecule is CCCCCCCCCCCCCCOc1ccc(CCCN(C(C)=O)c2cccc(COS(C)(=O)=O)c2)cc1. The first kappa shape index (κ1) is 33.8. The molecule has 0 bridgehead atoms. The van der Waals surface area contributed by atoms with Gasteiger partial charge in [-0.05, 0) is 54.7 Å². The number of hydrogen-bond donors (Lipinski definition) is 0. The Kier molecular flexibility index (Phi) is 16.6. The van der Waals surface area contributed by atoms with Gasteiger partial charge in [0.2, 0.25) is 5.91 Å². The van der Waals surface area contributed by atoms with Crippen LogP contribution in [0, 0.1) is 0 Å². The zero-order valence-corrected chi connectivity index (χ0v) is 25.9. The van der Waals surface area contributed by atoms with Gasteiger partial charge in [-0.1, -0.05) is 102 Å². The average Bonchev–Trinajstić information content (AvgIpc) is 2.93. The molecule has 0 aliphatic carbocycles. The summed E-state index contributed by atoms with van der Waals surface area (Å²) in [6.07, 6.45) is 18.7. The maximum absolute atomic E-state index is 12.3. The van der Waals surface area contributed by atoms with E-state index in [1.807, 2.05) is 24.3 Å². The van der Waals surface area contributed by atoms with Crippen LogP contribution in [0.2, 0.25) is 0 Å². The standard InChI is InChI=1S/C33H51NO5S/c1-4-5-6-7-8-9-10-11-12-13-14-15-26-38-33-23-21-30(22-24-33)19-17-25-34(29(2)35)32-20-16-18-31(27-32)28-39-40(3,36)37/h16,18,20-24,27H,4-15,17,19,25-26,28H2,1-3H3. The Morgan fingerprint density at radius 3 is 1.95 bits per heavy atom. The van der Waals surface area contributed by atoms with Crippen LogP contribution < -0.4 is 9.64 Å². The number of unbranched alkanes of at least 4 members (excludes halogenated alkanes) is 11. The van der Waals surface area contributed by atoms with E-state index in [2.05, 4.69) is 19.1 Å². The highest BCUT2D eigenvalue weighted by molar-refractivity contribution is 7.85. The number of amides is 1. The molecule has 1 amide bonds. The number of aryl methyl sites for hydroxylation is 1. The Morgan fingerprint density at radius 1 is 0.775 bits per heavy atom. The van der Waals surface area contributed by atoms with Gasteiger partial charge in [-0.2, -0.15) is 8.42 Å². The van der Waals surface area contributed by atoms with Crippen LogP contribution in [0.4, 0.5) is 5.69 Å². The lowest BCUT2D eigenvalue weighted by Crippen LogP contribution is -2.29. The van der Waals surface area contributed by atoms with Crippen LogP contribution in [0.15, 0.2) is 48.5 Å². The van der Waals surface area contributed by atoms with E-state index in [1.165, 1.54) is 76.2 Å². The first-order valence-electron chi connectivity index (χ1n) is 15.2. The van der Waals surface area contributed by atoms with Crippen LogP contribution in [0.5, 0.6) is 5.75 Å². The fourth-order valence-corrected chi connectivity index (χ4v) is 5.13. The lowest BCUT2D eigenvalue weighted by Gasteiger charge is -2.22. The molecule has 2 rings (SSSR count). The van der Waals surface area contributed by atoms with Crippen LogP contribution in [-0.4, -0.2) is 33.7 Å². The van der Waals surface area contributed by atoms with E-state index in [9.17, 15) is 13.2 Å². The second-order valence-corrected chi connectivity index (χ2v) is 12.4. The molecule has 40 heavy (non-hydrogen) atoms. The maximum Gasteiger partial charge on any atom is 0.264 e. The van der Waals surface area contributed by atoms with Gasteiger partial charge in [0.05, 0.1) is 19.5 Å². The van der Waals surface area contributed by atoms with E-state index in [0.29, 0.717) is 12.1 Å². The van der Waals surface area contributed by atoms with Crippen molar-refractivity contribution in [3.8, 4) is 5.75 Å². The van der Waals surface area contributed by atoms with E-state index in [4.69, 9.17) is 8.92 Å². The van der Waals surface area contributed by atoms with Crippen LogP contribution in [0.1, 0.15) is 108 Å². The summed E-state index contributed by atoms with van der Waals surface area (Å²) in [4.78, 5) is 14.0. The first-order valence-corrected chi connectivity index (χ1v) is 17.0. The van der Waals surface area contributed by atoms with E-state index in [-0.39, 0.29) is 12.5 Å². The van der Waals surface area contributed by atoms with Gasteiger partial charge < -0.3 is 9.64 Å². The summed E-state index contributed by atoms with van der Waals surface area (Å²) in [5.74, 6) is 0.855. The van der Waals surface area contributed by atoms with Gasteiger partial charge in [0.1, 0.15) is 5.75 Å². The van der Waals surface area contributed by atoms with Crippen molar-refractivity contribution in [3.05, 3.63) is 59.7 Å². The molecule has 0 N–H and O–H groups in total. The largest absolute Gasteiger partial charge is 0.494 e. The molecule has 6 nitrogen and oxygen atoms in total. The third kappa shape index (κ3) is 15.4. The normalized spacial score (nSPS) is 11.5. The van der Waals surface area contributed by atoms with Crippen molar-refractivity contribution in [2.24, 2.45) is 0 Å². The van der Waals surface area contributed by atoms with E-state index in [0.717, 1.165) is 43.6 Å². The maximum atomic E-state index is 12.3. The van der Waals surface area contributed by atoms with Crippen molar-refractivity contribution in [1.29, 1.82) is 0 Å². The fraction of sp³-hybridized carbons (Fsp3) is 0.606. The van der Waals surface area contributed by atoms with E-state index < -0.39 is 10.1 Å². The molecular formula is C33H51NO5S. The summed E-state index contributed by atoms with van der Waals surface area (Å²) in [5, 5.41) is 0. The number of nitrogens with zero attached hydrogens (tertiary/aromatic N) is 1. The quantitative estimate of drug-likeness (QED) is 0.105. The van der Waals surface area contributed by atoms with Gasteiger partial charge in [0.25, 0.3) is 10.1 Å². The summed E-state index contributed by atoms with van der Waals surface area (Å²) in [6, 6.07) is 15.5. The molecule has 0 aliphatic heterocycles. The third-order valence-corrected chi connectivity index (χ3v) is 7.63. The summed E-state index contributed by atoms with van der Waals surface area (Å²) in [7, 11) is -3.53. The molecule has 0 spiro atoms. The van der Waals surface area contributed by atoms with Gasteiger partial charge in [0.15, 0.2) is 0 Å². The number of carbonyl (C=O) groups excluding carboxylic acids is 1. The second kappa shape index (κ2) is 19.7. The summed E-state index contributed by atoms with van der Waals surface area (Å²) in [5.41, 5.74) is 2.65. The average molecular weight is 574 g/mol. The molecule has 0 atom stereocenters. The number of anilines is 1. The lowest BCUT2D eigenvalue weighted by atomic mass is 10.1. The van der Waals surface area contributed by atoms with Crippen molar-refractivity contribution >= 4 is 21.7 Å². The molecule has 0 saturated heterocycles. The van der Waals surface area contributed by atoms with Crippen molar-refractivity contribution in [2.75, 3.05) is 24.3 Å². The van der Waals surface area contributed by atoms with Crippen LogP contribution in [0.3, 0.4) is 0 Å². The molecule has 7 heteroatoms. The van der Waals surface area contributed by atoms with Gasteiger partial charge in [-0.3, -0.25) is 8.98 Å². The highest BCUT2D eigenvalue weighted by Gasteiger charge is 2.12. The molecule has 2 aromatic rings. The number of carbonyl (C=O) groups is 1. The highest BCUT2D eigenvalue weighted by atomic mass is 32.2. The molecule has 0 fully saturated rings. The summed E-state index contributed by atoms with van der Waals surface area (Å²) in [6.45, 7) is 5.10. The summed E-state index contributed by atoms with van der Waals surface area (Å²) >= 11 is 0. The third-order valence-electron chi connectivity index (χ3n) is 7.08. The molecule has 0 radical (unpaired) electrons. The highest BCUT2D eigenvalue weighted by Crippen LogP contribution is 2.20. The molecule has 0 saturated carbocycles. The Bertz CT molecular complexity index is 1070. The molecule has 2 aromatic carbocycles. The molecule has 0 aromatic heterocycles. The summed E-state index contributed by atoms with van der Waals surface area (Å²) < 4.78 is 33.4. The fourth-order valence-electron chi connectivity index (χ4n) is 4.78. The Hall–Kier alpha value is -2.38. The van der Waals surface area contributed by atoms with Gasteiger partial charge in [0, 0.05) is 19.2 Å². The predicted molar refractivity (Wildman–Crippen MR) is 165 cm³/mol. The zero-order chi connectivity index (χ0) is 29.1. The Labute approximate surface area is 243 Å². The Morgan fingerprint density at radius 2 is 1.38 bits per heavy atom. The molecule has 0 unspecified atom stereocenters. The smallest absolute Gasteiger partial charge is 0.264 e. The van der Waals surface area contributed by atoms with Crippen LogP contribution in [-0.2, 0) is 32.1 Å². The predicted octanol–water partition coefficient (Wildman–Crippen LogP) is 8.23. The minimum Gasteiger partial charge on any atom is -0.494 e. The number of ether oxygens (including phenoxy) is 1. The van der Waals surface area contributed by atoms with Gasteiger partial charge in [-0.15, -0.1) is 0 Å². The minimum atomic E-state index is -3.53.